The van der Waals surface area contributed by atoms with Crippen molar-refractivity contribution in [3.05, 3.63) is 12.4 Å². The average molecular weight is 211 g/mol. The molecule has 1 aromatic rings. The first kappa shape index (κ1) is 12.0. The molecule has 0 saturated heterocycles. The summed E-state index contributed by atoms with van der Waals surface area (Å²) in [5.74, 6) is 0.942. The summed E-state index contributed by atoms with van der Waals surface area (Å²) in [4.78, 5) is 6.51. The van der Waals surface area contributed by atoms with Crippen molar-refractivity contribution in [1.82, 2.24) is 9.55 Å². The highest BCUT2D eigenvalue weighted by Gasteiger charge is 2.18. The van der Waals surface area contributed by atoms with Crippen LogP contribution in [0.1, 0.15) is 26.7 Å². The zero-order valence-corrected chi connectivity index (χ0v) is 9.85. The molecule has 1 heterocycles. The molecular weight excluding hydrogens is 190 g/mol. The fourth-order valence-corrected chi connectivity index (χ4v) is 1.92. The minimum atomic E-state index is 0.170. The molecule has 0 atom stereocenters. The number of imidazole rings is 1. The lowest BCUT2D eigenvalue weighted by Crippen LogP contribution is -2.38. The van der Waals surface area contributed by atoms with E-state index in [4.69, 9.17) is 5.11 Å². The number of hydrogen-bond acceptors (Lipinski definition) is 3. The molecule has 0 aliphatic rings. The highest BCUT2D eigenvalue weighted by molar-refractivity contribution is 5.32. The topological polar surface area (TPSA) is 41.3 Å². The van der Waals surface area contributed by atoms with E-state index in [2.05, 4.69) is 23.7 Å². The quantitative estimate of drug-likeness (QED) is 0.773. The maximum atomic E-state index is 9.09. The second-order valence-corrected chi connectivity index (χ2v) is 3.73. The van der Waals surface area contributed by atoms with Crippen molar-refractivity contribution >= 4 is 5.95 Å². The van der Waals surface area contributed by atoms with Gasteiger partial charge >= 0.3 is 0 Å². The van der Waals surface area contributed by atoms with Gasteiger partial charge in [0.2, 0.25) is 5.95 Å². The van der Waals surface area contributed by atoms with E-state index >= 15 is 0 Å². The fourth-order valence-electron chi connectivity index (χ4n) is 1.92. The largest absolute Gasteiger partial charge is 0.395 e. The molecule has 0 spiro atoms. The molecule has 0 saturated carbocycles. The standard InChI is InChI=1S/C11H21N3O/c1-4-10(5-2)14(8-9-15)11-12-6-7-13(11)3/h6-7,10,15H,4-5,8-9H2,1-3H3. The van der Waals surface area contributed by atoms with E-state index in [0.29, 0.717) is 12.6 Å². The molecule has 1 rings (SSSR count). The van der Waals surface area contributed by atoms with Gasteiger partial charge in [-0.1, -0.05) is 13.8 Å². The molecule has 0 aromatic carbocycles. The summed E-state index contributed by atoms with van der Waals surface area (Å²) < 4.78 is 1.99. The van der Waals surface area contributed by atoms with Gasteiger partial charge in [0.05, 0.1) is 6.61 Å². The third-order valence-corrected chi connectivity index (χ3v) is 2.78. The number of hydrogen-bond donors (Lipinski definition) is 1. The third-order valence-electron chi connectivity index (χ3n) is 2.78. The smallest absolute Gasteiger partial charge is 0.205 e. The van der Waals surface area contributed by atoms with E-state index in [9.17, 15) is 0 Å². The van der Waals surface area contributed by atoms with Crippen molar-refractivity contribution in [2.45, 2.75) is 32.7 Å². The van der Waals surface area contributed by atoms with Crippen LogP contribution >= 0.6 is 0 Å². The monoisotopic (exact) mass is 211 g/mol. The van der Waals surface area contributed by atoms with Crippen LogP contribution in [0.2, 0.25) is 0 Å². The summed E-state index contributed by atoms with van der Waals surface area (Å²) in [6.45, 7) is 5.16. The Morgan fingerprint density at radius 3 is 2.53 bits per heavy atom. The van der Waals surface area contributed by atoms with Crippen LogP contribution in [0.5, 0.6) is 0 Å². The Labute approximate surface area is 91.5 Å². The molecule has 1 N–H and O–H groups in total. The SMILES string of the molecule is CCC(CC)N(CCO)c1nccn1C. The van der Waals surface area contributed by atoms with E-state index in [0.717, 1.165) is 18.8 Å². The van der Waals surface area contributed by atoms with E-state index in [-0.39, 0.29) is 6.61 Å². The second-order valence-electron chi connectivity index (χ2n) is 3.73. The third kappa shape index (κ3) is 2.72. The molecule has 4 heteroatoms. The normalized spacial score (nSPS) is 11.0. The Kier molecular flexibility index (Phi) is 4.62. The van der Waals surface area contributed by atoms with E-state index in [1.807, 2.05) is 17.8 Å². The maximum Gasteiger partial charge on any atom is 0.205 e. The van der Waals surface area contributed by atoms with Crippen molar-refractivity contribution in [2.24, 2.45) is 7.05 Å². The number of rotatable bonds is 6. The number of anilines is 1. The summed E-state index contributed by atoms with van der Waals surface area (Å²) >= 11 is 0. The van der Waals surface area contributed by atoms with Crippen molar-refractivity contribution in [2.75, 3.05) is 18.1 Å². The lowest BCUT2D eigenvalue weighted by Gasteiger charge is -2.30. The van der Waals surface area contributed by atoms with E-state index in [1.54, 1.807) is 6.20 Å². The summed E-state index contributed by atoms with van der Waals surface area (Å²) in [5.41, 5.74) is 0. The van der Waals surface area contributed by atoms with Crippen molar-refractivity contribution < 1.29 is 5.11 Å². The number of nitrogens with zero attached hydrogens (tertiary/aromatic N) is 3. The molecule has 0 unspecified atom stereocenters. The first-order valence-electron chi connectivity index (χ1n) is 5.59. The summed E-state index contributed by atoms with van der Waals surface area (Å²) in [6.07, 6.45) is 5.87. The predicted octanol–water partition coefficient (Wildman–Crippen LogP) is 1.41. The van der Waals surface area contributed by atoms with Crippen molar-refractivity contribution in [1.29, 1.82) is 0 Å². The number of aliphatic hydroxyl groups excluding tert-OH is 1. The van der Waals surface area contributed by atoms with Gasteiger partial charge in [-0.2, -0.15) is 0 Å². The molecule has 86 valence electrons. The van der Waals surface area contributed by atoms with Gasteiger partial charge in [0.1, 0.15) is 0 Å². The van der Waals surface area contributed by atoms with Gasteiger partial charge in [-0.05, 0) is 12.8 Å². The van der Waals surface area contributed by atoms with Crippen LogP contribution in [0, 0.1) is 0 Å². The number of aryl methyl sites for hydroxylation is 1. The molecule has 0 fully saturated rings. The van der Waals surface area contributed by atoms with Gasteiger partial charge in [-0.3, -0.25) is 0 Å². The minimum absolute atomic E-state index is 0.170. The average Bonchev–Trinajstić information content (AvgIpc) is 2.65. The molecular formula is C11H21N3O. The van der Waals surface area contributed by atoms with Crippen molar-refractivity contribution in [3.63, 3.8) is 0 Å². The Balaban J connectivity index is 2.86. The molecule has 0 amide bonds. The highest BCUT2D eigenvalue weighted by atomic mass is 16.3. The van der Waals surface area contributed by atoms with Crippen molar-refractivity contribution in [3.8, 4) is 0 Å². The molecule has 0 aliphatic carbocycles. The van der Waals surface area contributed by atoms with Crippen LogP contribution < -0.4 is 4.90 Å². The van der Waals surface area contributed by atoms with Crippen LogP contribution in [0.25, 0.3) is 0 Å². The summed E-state index contributed by atoms with van der Waals surface area (Å²) in [7, 11) is 1.98. The molecule has 0 radical (unpaired) electrons. The summed E-state index contributed by atoms with van der Waals surface area (Å²) in [6, 6.07) is 0.457. The Morgan fingerprint density at radius 2 is 2.13 bits per heavy atom. The molecule has 0 bridgehead atoms. The lowest BCUT2D eigenvalue weighted by molar-refractivity contribution is 0.294. The maximum absolute atomic E-state index is 9.09. The molecule has 15 heavy (non-hydrogen) atoms. The molecule has 4 nitrogen and oxygen atoms in total. The zero-order valence-electron chi connectivity index (χ0n) is 9.85. The van der Waals surface area contributed by atoms with Gasteiger partial charge < -0.3 is 14.6 Å². The Hall–Kier alpha value is -1.03. The van der Waals surface area contributed by atoms with E-state index in [1.165, 1.54) is 0 Å². The second kappa shape index (κ2) is 5.75. The minimum Gasteiger partial charge on any atom is -0.395 e. The molecule has 1 aromatic heterocycles. The van der Waals surface area contributed by atoms with Crippen LogP contribution in [0.15, 0.2) is 12.4 Å². The number of aliphatic hydroxyl groups is 1. The van der Waals surface area contributed by atoms with Gasteiger partial charge in [0.25, 0.3) is 0 Å². The zero-order chi connectivity index (χ0) is 11.3. The first-order chi connectivity index (χ1) is 7.24. The van der Waals surface area contributed by atoms with Gasteiger partial charge in [0, 0.05) is 32.0 Å². The molecule has 0 aliphatic heterocycles. The number of aromatic nitrogens is 2. The van der Waals surface area contributed by atoms with Gasteiger partial charge in [-0.25, -0.2) is 4.98 Å². The van der Waals surface area contributed by atoms with Crippen LogP contribution in [-0.4, -0.2) is 33.9 Å². The lowest BCUT2D eigenvalue weighted by atomic mass is 10.1. The van der Waals surface area contributed by atoms with Crippen LogP contribution in [-0.2, 0) is 7.05 Å². The summed E-state index contributed by atoms with van der Waals surface area (Å²) in [5, 5.41) is 9.09. The first-order valence-corrected chi connectivity index (χ1v) is 5.59. The predicted molar refractivity (Wildman–Crippen MR) is 62.0 cm³/mol. The highest BCUT2D eigenvalue weighted by Crippen LogP contribution is 2.17. The van der Waals surface area contributed by atoms with Gasteiger partial charge in [-0.15, -0.1) is 0 Å². The Bertz CT molecular complexity index is 281. The van der Waals surface area contributed by atoms with Gasteiger partial charge in [0.15, 0.2) is 0 Å². The fraction of sp³-hybridized carbons (Fsp3) is 0.727. The van der Waals surface area contributed by atoms with Crippen LogP contribution in [0.3, 0.4) is 0 Å². The van der Waals surface area contributed by atoms with E-state index < -0.39 is 0 Å². The van der Waals surface area contributed by atoms with Crippen LogP contribution in [0.4, 0.5) is 5.95 Å². The Morgan fingerprint density at radius 1 is 1.47 bits per heavy atom.